The molecule has 0 saturated heterocycles. The first-order valence-electron chi connectivity index (χ1n) is 5.81. The van der Waals surface area contributed by atoms with Crippen molar-refractivity contribution in [2.24, 2.45) is 0 Å². The van der Waals surface area contributed by atoms with Gasteiger partial charge in [0.15, 0.2) is 0 Å². The van der Waals surface area contributed by atoms with Gasteiger partial charge in [-0.05, 0) is 32.3 Å². The third-order valence-corrected chi connectivity index (χ3v) is 4.06. The summed E-state index contributed by atoms with van der Waals surface area (Å²) in [7, 11) is -3.39. The number of nitriles is 1. The Balaban J connectivity index is 2.46. The molecule has 5 heteroatoms. The average molecular weight is 266 g/mol. The van der Waals surface area contributed by atoms with Crippen molar-refractivity contribution in [1.29, 1.82) is 5.26 Å². The van der Waals surface area contributed by atoms with Gasteiger partial charge < -0.3 is 0 Å². The van der Waals surface area contributed by atoms with Crippen molar-refractivity contribution in [1.82, 2.24) is 4.72 Å². The Hall–Kier alpha value is -1.38. The van der Waals surface area contributed by atoms with Gasteiger partial charge in [0, 0.05) is 0 Å². The molecule has 0 aliphatic rings. The second kappa shape index (κ2) is 5.98. The molecule has 0 heterocycles. The molecular formula is C13H18N2O2S. The monoisotopic (exact) mass is 266 g/mol. The summed E-state index contributed by atoms with van der Waals surface area (Å²) in [5, 5.41) is 8.78. The van der Waals surface area contributed by atoms with Crippen LogP contribution in [0.1, 0.15) is 25.8 Å². The third-order valence-electron chi connectivity index (χ3n) is 2.41. The van der Waals surface area contributed by atoms with Crippen LogP contribution in [0.2, 0.25) is 0 Å². The van der Waals surface area contributed by atoms with E-state index < -0.39 is 15.6 Å². The van der Waals surface area contributed by atoms with Gasteiger partial charge in [-0.1, -0.05) is 30.3 Å². The van der Waals surface area contributed by atoms with E-state index in [2.05, 4.69) is 4.72 Å². The van der Waals surface area contributed by atoms with Crippen molar-refractivity contribution in [3.8, 4) is 6.07 Å². The van der Waals surface area contributed by atoms with Crippen LogP contribution in [0.3, 0.4) is 0 Å². The predicted molar refractivity (Wildman–Crippen MR) is 71.4 cm³/mol. The van der Waals surface area contributed by atoms with Gasteiger partial charge in [0.05, 0.1) is 11.8 Å². The first kappa shape index (κ1) is 14.7. The minimum Gasteiger partial charge on any atom is -0.212 e. The number of sulfonamides is 1. The summed E-state index contributed by atoms with van der Waals surface area (Å²) in [6.07, 6.45) is 1.26. The first-order valence-corrected chi connectivity index (χ1v) is 7.47. The molecular weight excluding hydrogens is 248 g/mol. The van der Waals surface area contributed by atoms with E-state index in [1.165, 1.54) is 0 Å². The van der Waals surface area contributed by atoms with E-state index >= 15 is 0 Å². The normalized spacial score (nSPS) is 12.1. The van der Waals surface area contributed by atoms with Gasteiger partial charge in [-0.2, -0.15) is 9.98 Å². The zero-order chi connectivity index (χ0) is 13.6. The molecule has 0 unspecified atom stereocenters. The summed E-state index contributed by atoms with van der Waals surface area (Å²) >= 11 is 0. The molecule has 1 aromatic carbocycles. The van der Waals surface area contributed by atoms with Crippen LogP contribution in [0.5, 0.6) is 0 Å². The van der Waals surface area contributed by atoms with Crippen molar-refractivity contribution in [2.45, 2.75) is 32.2 Å². The van der Waals surface area contributed by atoms with Crippen LogP contribution in [-0.4, -0.2) is 19.7 Å². The molecule has 0 aliphatic heterocycles. The largest absolute Gasteiger partial charge is 0.212 e. The van der Waals surface area contributed by atoms with Crippen LogP contribution in [0.15, 0.2) is 30.3 Å². The lowest BCUT2D eigenvalue weighted by Gasteiger charge is -2.17. The molecule has 0 atom stereocenters. The van der Waals surface area contributed by atoms with E-state index in [-0.39, 0.29) is 5.75 Å². The maximum atomic E-state index is 11.7. The topological polar surface area (TPSA) is 70.0 Å². The molecule has 0 radical (unpaired) electrons. The summed E-state index contributed by atoms with van der Waals surface area (Å²) in [5.74, 6) is 0.0347. The van der Waals surface area contributed by atoms with Crippen LogP contribution in [0.25, 0.3) is 0 Å². The van der Waals surface area contributed by atoms with Crippen molar-refractivity contribution in [2.75, 3.05) is 5.75 Å². The van der Waals surface area contributed by atoms with Crippen molar-refractivity contribution in [3.05, 3.63) is 35.9 Å². The van der Waals surface area contributed by atoms with Crippen LogP contribution < -0.4 is 4.72 Å². The first-order chi connectivity index (χ1) is 8.35. The van der Waals surface area contributed by atoms with Gasteiger partial charge in [-0.3, -0.25) is 0 Å². The number of aryl methyl sites for hydroxylation is 1. The number of rotatable bonds is 6. The summed E-state index contributed by atoms with van der Waals surface area (Å²) < 4.78 is 25.8. The zero-order valence-electron chi connectivity index (χ0n) is 10.7. The molecule has 1 N–H and O–H groups in total. The highest BCUT2D eigenvalue weighted by molar-refractivity contribution is 7.89. The molecule has 4 nitrogen and oxygen atoms in total. The Morgan fingerprint density at radius 1 is 1.28 bits per heavy atom. The molecule has 0 saturated carbocycles. The number of nitrogens with zero attached hydrogens (tertiary/aromatic N) is 1. The van der Waals surface area contributed by atoms with Crippen LogP contribution >= 0.6 is 0 Å². The Morgan fingerprint density at radius 3 is 2.44 bits per heavy atom. The summed E-state index contributed by atoms with van der Waals surface area (Å²) in [6, 6.07) is 11.6. The highest BCUT2D eigenvalue weighted by atomic mass is 32.2. The third kappa shape index (κ3) is 5.30. The quantitative estimate of drug-likeness (QED) is 0.854. The fraction of sp³-hybridized carbons (Fsp3) is 0.462. The van der Waals surface area contributed by atoms with Gasteiger partial charge in [0.2, 0.25) is 10.0 Å². The highest BCUT2D eigenvalue weighted by Crippen LogP contribution is 2.06. The Kier molecular flexibility index (Phi) is 4.88. The van der Waals surface area contributed by atoms with Crippen molar-refractivity contribution in [3.63, 3.8) is 0 Å². The smallest absolute Gasteiger partial charge is 0.212 e. The minimum absolute atomic E-state index is 0.0347. The maximum Gasteiger partial charge on any atom is 0.212 e. The molecule has 0 fully saturated rings. The second-order valence-corrected chi connectivity index (χ2v) is 6.59. The summed E-state index contributed by atoms with van der Waals surface area (Å²) in [5.41, 5.74) is 0.0678. The summed E-state index contributed by atoms with van der Waals surface area (Å²) in [4.78, 5) is 0. The molecule has 0 aromatic heterocycles. The van der Waals surface area contributed by atoms with E-state index in [1.807, 2.05) is 36.4 Å². The van der Waals surface area contributed by atoms with Crippen LogP contribution in [0, 0.1) is 11.3 Å². The fourth-order valence-electron chi connectivity index (χ4n) is 1.57. The van der Waals surface area contributed by atoms with Gasteiger partial charge in [-0.15, -0.1) is 0 Å². The fourth-order valence-corrected chi connectivity index (χ4v) is 3.02. The molecule has 0 bridgehead atoms. The number of hydrogen-bond acceptors (Lipinski definition) is 3. The maximum absolute atomic E-state index is 11.7. The molecule has 0 amide bonds. The Bertz CT molecular complexity index is 516. The molecule has 0 spiro atoms. The van der Waals surface area contributed by atoms with Crippen LogP contribution in [0.4, 0.5) is 0 Å². The highest BCUT2D eigenvalue weighted by Gasteiger charge is 2.23. The van der Waals surface area contributed by atoms with Gasteiger partial charge in [-0.25, -0.2) is 8.42 Å². The predicted octanol–water partition coefficient (Wildman–Crippen LogP) is 1.84. The lowest BCUT2D eigenvalue weighted by molar-refractivity contribution is 0.534. The molecule has 1 aromatic rings. The standard InChI is InChI=1S/C13H18N2O2S/c1-13(2,11-14)15-18(16,17)10-6-9-12-7-4-3-5-8-12/h3-5,7-8,15H,6,9-10H2,1-2H3. The minimum atomic E-state index is -3.39. The molecule has 0 aliphatic carbocycles. The van der Waals surface area contributed by atoms with Crippen LogP contribution in [-0.2, 0) is 16.4 Å². The lowest BCUT2D eigenvalue weighted by atomic mass is 10.1. The van der Waals surface area contributed by atoms with E-state index in [0.29, 0.717) is 12.8 Å². The number of benzene rings is 1. The van der Waals surface area contributed by atoms with Crippen molar-refractivity contribution < 1.29 is 8.42 Å². The van der Waals surface area contributed by atoms with E-state index in [9.17, 15) is 8.42 Å². The SMILES string of the molecule is CC(C)(C#N)NS(=O)(=O)CCCc1ccccc1. The van der Waals surface area contributed by atoms with Gasteiger partial charge in [0.1, 0.15) is 5.54 Å². The van der Waals surface area contributed by atoms with Gasteiger partial charge in [0.25, 0.3) is 0 Å². The lowest BCUT2D eigenvalue weighted by Crippen LogP contribution is -2.43. The zero-order valence-corrected chi connectivity index (χ0v) is 11.5. The molecule has 1 rings (SSSR count). The van der Waals surface area contributed by atoms with E-state index in [1.54, 1.807) is 13.8 Å². The number of hydrogen-bond donors (Lipinski definition) is 1. The average Bonchev–Trinajstić information content (AvgIpc) is 2.29. The summed E-state index contributed by atoms with van der Waals surface area (Å²) in [6.45, 7) is 3.09. The Morgan fingerprint density at radius 2 is 1.89 bits per heavy atom. The Labute approximate surface area is 109 Å². The van der Waals surface area contributed by atoms with Gasteiger partial charge >= 0.3 is 0 Å². The second-order valence-electron chi connectivity index (χ2n) is 4.75. The van der Waals surface area contributed by atoms with Crippen molar-refractivity contribution >= 4 is 10.0 Å². The van der Waals surface area contributed by atoms with E-state index in [4.69, 9.17) is 5.26 Å². The molecule has 98 valence electrons. The molecule has 18 heavy (non-hydrogen) atoms. The van der Waals surface area contributed by atoms with E-state index in [0.717, 1.165) is 5.56 Å². The number of nitrogens with one attached hydrogen (secondary N) is 1.